The SMILES string of the molecule is CCCN(CCC)C(=O)Cn1nnc2sc3c(c2c1=O)CC[C@H](C(C)(C)C)C3. The van der Waals surface area contributed by atoms with Crippen LogP contribution in [0.15, 0.2) is 4.79 Å². The topological polar surface area (TPSA) is 68.1 Å². The van der Waals surface area contributed by atoms with E-state index in [-0.39, 0.29) is 23.4 Å². The third-order valence-corrected chi connectivity index (χ3v) is 6.93. The van der Waals surface area contributed by atoms with E-state index in [1.54, 1.807) is 11.3 Å². The van der Waals surface area contributed by atoms with E-state index in [1.165, 1.54) is 9.56 Å². The van der Waals surface area contributed by atoms with Crippen molar-refractivity contribution in [3.8, 4) is 0 Å². The van der Waals surface area contributed by atoms with Crippen LogP contribution in [0.2, 0.25) is 0 Å². The van der Waals surface area contributed by atoms with Gasteiger partial charge in [0.1, 0.15) is 6.54 Å². The molecule has 2 heterocycles. The Morgan fingerprint density at radius 1 is 1.25 bits per heavy atom. The Morgan fingerprint density at radius 3 is 2.54 bits per heavy atom. The van der Waals surface area contributed by atoms with Crippen LogP contribution in [0.5, 0.6) is 0 Å². The normalized spacial score (nSPS) is 17.0. The van der Waals surface area contributed by atoms with Crippen molar-refractivity contribution < 1.29 is 4.79 Å². The van der Waals surface area contributed by atoms with Gasteiger partial charge >= 0.3 is 0 Å². The van der Waals surface area contributed by atoms with Crippen molar-refractivity contribution in [1.82, 2.24) is 19.9 Å². The van der Waals surface area contributed by atoms with Crippen LogP contribution in [0.1, 0.15) is 64.3 Å². The van der Waals surface area contributed by atoms with Gasteiger partial charge in [-0.05, 0) is 49.0 Å². The molecular formula is C21H32N4O2S. The Morgan fingerprint density at radius 2 is 1.93 bits per heavy atom. The molecule has 0 N–H and O–H groups in total. The summed E-state index contributed by atoms with van der Waals surface area (Å²) in [6.45, 7) is 12.3. The highest BCUT2D eigenvalue weighted by Gasteiger charge is 2.32. The molecule has 0 radical (unpaired) electrons. The number of aromatic nitrogens is 3. The smallest absolute Gasteiger partial charge is 0.279 e. The van der Waals surface area contributed by atoms with E-state index < -0.39 is 0 Å². The van der Waals surface area contributed by atoms with E-state index >= 15 is 0 Å². The summed E-state index contributed by atoms with van der Waals surface area (Å²) >= 11 is 1.60. The van der Waals surface area contributed by atoms with Crippen molar-refractivity contribution in [2.75, 3.05) is 13.1 Å². The first-order chi connectivity index (χ1) is 13.3. The van der Waals surface area contributed by atoms with Gasteiger partial charge in [-0.1, -0.05) is 39.8 Å². The molecule has 2 aromatic heterocycles. The standard InChI is InChI=1S/C21H32N4O2S/c1-6-10-24(11-7-2)17(26)13-25-20(27)18-15-9-8-14(21(3,4)5)12-16(15)28-19(18)22-23-25/h14H,6-13H2,1-5H3/t14-/m0/s1. The van der Waals surface area contributed by atoms with Crippen LogP contribution in [0.4, 0.5) is 0 Å². The van der Waals surface area contributed by atoms with Crippen LogP contribution in [0.25, 0.3) is 10.2 Å². The van der Waals surface area contributed by atoms with E-state index in [0.29, 0.717) is 29.2 Å². The third-order valence-electron chi connectivity index (χ3n) is 5.79. The predicted octanol–water partition coefficient (Wildman–Crippen LogP) is 3.65. The Bertz CT molecular complexity index is 903. The average Bonchev–Trinajstić information content (AvgIpc) is 3.01. The number of hydrogen-bond donors (Lipinski definition) is 0. The van der Waals surface area contributed by atoms with Crippen LogP contribution in [-0.4, -0.2) is 38.9 Å². The minimum absolute atomic E-state index is 0.0307. The summed E-state index contributed by atoms with van der Waals surface area (Å²) < 4.78 is 1.26. The Labute approximate surface area is 170 Å². The van der Waals surface area contributed by atoms with E-state index in [0.717, 1.165) is 37.7 Å². The number of aryl methyl sites for hydroxylation is 1. The lowest BCUT2D eigenvalue weighted by Crippen LogP contribution is -2.38. The molecule has 1 aliphatic rings. The van der Waals surface area contributed by atoms with Gasteiger partial charge in [-0.15, -0.1) is 16.4 Å². The van der Waals surface area contributed by atoms with E-state index in [9.17, 15) is 9.59 Å². The first-order valence-corrected chi connectivity index (χ1v) is 11.2. The first kappa shape index (κ1) is 21.0. The molecule has 1 aliphatic carbocycles. The van der Waals surface area contributed by atoms with E-state index in [2.05, 4.69) is 44.9 Å². The summed E-state index contributed by atoms with van der Waals surface area (Å²) in [6.07, 6.45) is 4.80. The molecule has 154 valence electrons. The Hall–Kier alpha value is -1.76. The molecule has 0 unspecified atom stereocenters. The quantitative estimate of drug-likeness (QED) is 0.737. The summed E-state index contributed by atoms with van der Waals surface area (Å²) in [4.78, 5) is 29.6. The minimum Gasteiger partial charge on any atom is -0.341 e. The summed E-state index contributed by atoms with van der Waals surface area (Å²) in [5.41, 5.74) is 1.23. The largest absolute Gasteiger partial charge is 0.341 e. The Kier molecular flexibility index (Phi) is 6.22. The lowest BCUT2D eigenvalue weighted by Gasteiger charge is -2.33. The molecule has 0 aliphatic heterocycles. The molecule has 1 atom stereocenters. The third kappa shape index (κ3) is 4.14. The fraction of sp³-hybridized carbons (Fsp3) is 0.714. The molecule has 7 heteroatoms. The second-order valence-electron chi connectivity index (χ2n) is 8.92. The van der Waals surface area contributed by atoms with Gasteiger partial charge in [0.25, 0.3) is 5.56 Å². The van der Waals surface area contributed by atoms with Crippen molar-refractivity contribution in [3.63, 3.8) is 0 Å². The lowest BCUT2D eigenvalue weighted by atomic mass is 9.72. The van der Waals surface area contributed by atoms with Crippen molar-refractivity contribution in [1.29, 1.82) is 0 Å². The monoisotopic (exact) mass is 404 g/mol. The summed E-state index contributed by atoms with van der Waals surface area (Å²) in [5.74, 6) is 0.554. The molecule has 6 nitrogen and oxygen atoms in total. The number of fused-ring (bicyclic) bond motifs is 3. The molecule has 1 amide bonds. The van der Waals surface area contributed by atoms with Gasteiger partial charge in [-0.2, -0.15) is 0 Å². The second kappa shape index (κ2) is 8.31. The maximum Gasteiger partial charge on any atom is 0.279 e. The number of thiophene rings is 1. The molecule has 0 saturated carbocycles. The van der Waals surface area contributed by atoms with Crippen LogP contribution < -0.4 is 5.56 Å². The molecule has 0 aromatic carbocycles. The number of amides is 1. The molecule has 0 fully saturated rings. The zero-order valence-corrected chi connectivity index (χ0v) is 18.6. The van der Waals surface area contributed by atoms with Gasteiger partial charge < -0.3 is 4.90 Å². The van der Waals surface area contributed by atoms with E-state index in [1.807, 2.05) is 4.90 Å². The number of carbonyl (C=O) groups excluding carboxylic acids is 1. The molecule has 0 spiro atoms. The van der Waals surface area contributed by atoms with Gasteiger partial charge in [0.05, 0.1) is 5.39 Å². The maximum atomic E-state index is 13.1. The van der Waals surface area contributed by atoms with Crippen molar-refractivity contribution in [2.24, 2.45) is 11.3 Å². The highest BCUT2D eigenvalue weighted by Crippen LogP contribution is 2.41. The minimum atomic E-state index is -0.169. The molecule has 0 saturated heterocycles. The van der Waals surface area contributed by atoms with Gasteiger partial charge in [0, 0.05) is 18.0 Å². The number of rotatable bonds is 6. The van der Waals surface area contributed by atoms with E-state index in [4.69, 9.17) is 0 Å². The highest BCUT2D eigenvalue weighted by molar-refractivity contribution is 7.18. The summed E-state index contributed by atoms with van der Waals surface area (Å²) in [5, 5.41) is 9.06. The highest BCUT2D eigenvalue weighted by atomic mass is 32.1. The average molecular weight is 405 g/mol. The zero-order valence-electron chi connectivity index (χ0n) is 17.7. The fourth-order valence-electron chi connectivity index (χ4n) is 4.10. The van der Waals surface area contributed by atoms with Gasteiger partial charge in [0.2, 0.25) is 5.91 Å². The predicted molar refractivity (Wildman–Crippen MR) is 114 cm³/mol. The Balaban J connectivity index is 1.90. The molecule has 2 aromatic rings. The van der Waals surface area contributed by atoms with Gasteiger partial charge in [-0.25, -0.2) is 4.68 Å². The maximum absolute atomic E-state index is 13.1. The van der Waals surface area contributed by atoms with Gasteiger partial charge in [-0.3, -0.25) is 9.59 Å². The first-order valence-electron chi connectivity index (χ1n) is 10.4. The number of carbonyl (C=O) groups is 1. The molecule has 28 heavy (non-hydrogen) atoms. The lowest BCUT2D eigenvalue weighted by molar-refractivity contribution is -0.132. The van der Waals surface area contributed by atoms with Crippen LogP contribution >= 0.6 is 11.3 Å². The summed E-state index contributed by atoms with van der Waals surface area (Å²) in [6, 6.07) is 0. The zero-order chi connectivity index (χ0) is 20.5. The molecule has 3 rings (SSSR count). The van der Waals surface area contributed by atoms with Crippen molar-refractivity contribution in [3.05, 3.63) is 20.8 Å². The van der Waals surface area contributed by atoms with Crippen molar-refractivity contribution in [2.45, 2.75) is 73.3 Å². The molecular weight excluding hydrogens is 372 g/mol. The number of hydrogen-bond acceptors (Lipinski definition) is 5. The number of nitrogens with zero attached hydrogens (tertiary/aromatic N) is 4. The second-order valence-corrected chi connectivity index (χ2v) is 10.0. The fourth-order valence-corrected chi connectivity index (χ4v) is 5.33. The molecule has 0 bridgehead atoms. The van der Waals surface area contributed by atoms with Gasteiger partial charge in [0.15, 0.2) is 4.83 Å². The summed E-state index contributed by atoms with van der Waals surface area (Å²) in [7, 11) is 0. The van der Waals surface area contributed by atoms with Crippen LogP contribution in [-0.2, 0) is 24.2 Å². The van der Waals surface area contributed by atoms with Crippen LogP contribution in [0.3, 0.4) is 0 Å². The van der Waals surface area contributed by atoms with Crippen LogP contribution in [0, 0.1) is 11.3 Å². The van der Waals surface area contributed by atoms with Crippen molar-refractivity contribution >= 4 is 27.5 Å².